The van der Waals surface area contributed by atoms with Crippen molar-refractivity contribution in [1.82, 2.24) is 14.8 Å². The largest absolute Gasteiger partial charge is 0.354 e. The normalized spacial score (nSPS) is 18.3. The van der Waals surface area contributed by atoms with Crippen LogP contribution in [0.1, 0.15) is 28.8 Å². The molecule has 1 fully saturated rings. The molecule has 0 unspecified atom stereocenters. The first kappa shape index (κ1) is 18.0. The molecule has 5 heteroatoms. The van der Waals surface area contributed by atoms with Gasteiger partial charge in [0.05, 0.1) is 0 Å². The Balaban J connectivity index is 1.24. The molecule has 142 valence electrons. The van der Waals surface area contributed by atoms with E-state index in [0.29, 0.717) is 0 Å². The lowest BCUT2D eigenvalue weighted by Crippen LogP contribution is -2.47. The SMILES string of the molecule is O=C1c2ccccc2CCCN1CCCN1CCN(c2ccccn2)CC1. The summed E-state index contributed by atoms with van der Waals surface area (Å²) in [6.45, 7) is 6.96. The monoisotopic (exact) mass is 364 g/mol. The molecule has 0 spiro atoms. The first-order chi connectivity index (χ1) is 13.3. The fourth-order valence-electron chi connectivity index (χ4n) is 4.12. The van der Waals surface area contributed by atoms with E-state index in [2.05, 4.69) is 31.8 Å². The maximum absolute atomic E-state index is 12.8. The summed E-state index contributed by atoms with van der Waals surface area (Å²) in [6, 6.07) is 14.2. The number of nitrogens with zero attached hydrogens (tertiary/aromatic N) is 4. The minimum Gasteiger partial charge on any atom is -0.354 e. The number of anilines is 1. The molecule has 0 atom stereocenters. The standard InChI is InChI=1S/C22H28N4O/c27-22-20-9-2-1-7-19(20)8-5-13-26(22)14-6-12-24-15-17-25(18-16-24)21-10-3-4-11-23-21/h1-4,7,9-11H,5-6,8,12-18H2. The van der Waals surface area contributed by atoms with Crippen LogP contribution in [0.5, 0.6) is 0 Å². The van der Waals surface area contributed by atoms with E-state index in [1.54, 1.807) is 0 Å². The molecule has 27 heavy (non-hydrogen) atoms. The number of rotatable bonds is 5. The Labute approximate surface area is 161 Å². The van der Waals surface area contributed by atoms with E-state index in [-0.39, 0.29) is 5.91 Å². The number of carbonyl (C=O) groups is 1. The lowest BCUT2D eigenvalue weighted by atomic mass is 10.0. The zero-order valence-corrected chi connectivity index (χ0v) is 15.9. The third-order valence-corrected chi connectivity index (χ3v) is 5.66. The van der Waals surface area contributed by atoms with Crippen molar-refractivity contribution in [3.8, 4) is 0 Å². The van der Waals surface area contributed by atoms with Crippen LogP contribution in [-0.4, -0.2) is 66.5 Å². The zero-order valence-electron chi connectivity index (χ0n) is 15.9. The average Bonchev–Trinajstić information content (AvgIpc) is 2.89. The topological polar surface area (TPSA) is 39.7 Å². The highest BCUT2D eigenvalue weighted by molar-refractivity contribution is 5.96. The number of hydrogen-bond acceptors (Lipinski definition) is 4. The summed E-state index contributed by atoms with van der Waals surface area (Å²) in [6.07, 6.45) is 4.97. The predicted molar refractivity (Wildman–Crippen MR) is 108 cm³/mol. The number of hydrogen-bond donors (Lipinski definition) is 0. The minimum absolute atomic E-state index is 0.211. The molecule has 3 heterocycles. The summed E-state index contributed by atoms with van der Waals surface area (Å²) in [7, 11) is 0. The van der Waals surface area contributed by atoms with Crippen molar-refractivity contribution < 1.29 is 4.79 Å². The quantitative estimate of drug-likeness (QED) is 0.818. The first-order valence-electron chi connectivity index (χ1n) is 10.1. The van der Waals surface area contributed by atoms with Gasteiger partial charge in [0.15, 0.2) is 0 Å². The van der Waals surface area contributed by atoms with Crippen molar-refractivity contribution in [2.45, 2.75) is 19.3 Å². The maximum Gasteiger partial charge on any atom is 0.254 e. The smallest absolute Gasteiger partial charge is 0.254 e. The molecule has 0 N–H and O–H groups in total. The lowest BCUT2D eigenvalue weighted by molar-refractivity contribution is 0.0752. The summed E-state index contributed by atoms with van der Waals surface area (Å²) < 4.78 is 0. The van der Waals surface area contributed by atoms with E-state index in [4.69, 9.17) is 0 Å². The molecule has 2 aliphatic heterocycles. The van der Waals surface area contributed by atoms with Crippen LogP contribution in [0, 0.1) is 0 Å². The van der Waals surface area contributed by atoms with Crippen LogP contribution >= 0.6 is 0 Å². The van der Waals surface area contributed by atoms with Gasteiger partial charge >= 0.3 is 0 Å². The van der Waals surface area contributed by atoms with E-state index in [9.17, 15) is 4.79 Å². The highest BCUT2D eigenvalue weighted by Gasteiger charge is 2.22. The number of aromatic nitrogens is 1. The number of piperazine rings is 1. The van der Waals surface area contributed by atoms with Crippen LogP contribution in [0.25, 0.3) is 0 Å². The van der Waals surface area contributed by atoms with Crippen molar-refractivity contribution in [2.24, 2.45) is 0 Å². The molecule has 1 saturated heterocycles. The molecule has 1 amide bonds. The van der Waals surface area contributed by atoms with Crippen LogP contribution in [0.3, 0.4) is 0 Å². The number of aryl methyl sites for hydroxylation is 1. The number of pyridine rings is 1. The van der Waals surface area contributed by atoms with Gasteiger partial charge in [-0.1, -0.05) is 24.3 Å². The van der Waals surface area contributed by atoms with Crippen LogP contribution in [0.15, 0.2) is 48.7 Å². The van der Waals surface area contributed by atoms with Gasteiger partial charge < -0.3 is 9.80 Å². The Morgan fingerprint density at radius 1 is 0.889 bits per heavy atom. The summed E-state index contributed by atoms with van der Waals surface area (Å²) in [4.78, 5) is 24.2. The van der Waals surface area contributed by atoms with Crippen LogP contribution < -0.4 is 4.90 Å². The Kier molecular flexibility index (Phi) is 5.68. The molecule has 1 aromatic carbocycles. The highest BCUT2D eigenvalue weighted by Crippen LogP contribution is 2.19. The average molecular weight is 364 g/mol. The van der Waals surface area contributed by atoms with E-state index in [1.165, 1.54) is 5.56 Å². The summed E-state index contributed by atoms with van der Waals surface area (Å²) in [5, 5.41) is 0. The molecule has 5 nitrogen and oxygen atoms in total. The molecule has 0 radical (unpaired) electrons. The second kappa shape index (κ2) is 8.53. The number of carbonyl (C=O) groups excluding carboxylic acids is 1. The van der Waals surface area contributed by atoms with E-state index in [0.717, 1.165) is 76.5 Å². The Hall–Kier alpha value is -2.40. The van der Waals surface area contributed by atoms with Crippen LogP contribution in [-0.2, 0) is 6.42 Å². The van der Waals surface area contributed by atoms with E-state index < -0.39 is 0 Å². The first-order valence-corrected chi connectivity index (χ1v) is 10.1. The second-order valence-electron chi connectivity index (χ2n) is 7.42. The van der Waals surface area contributed by atoms with Gasteiger partial charge in [-0.05, 0) is 49.6 Å². The van der Waals surface area contributed by atoms with Crippen molar-refractivity contribution in [3.63, 3.8) is 0 Å². The Bertz CT molecular complexity index is 756. The fourth-order valence-corrected chi connectivity index (χ4v) is 4.12. The fraction of sp³-hybridized carbons (Fsp3) is 0.455. The third kappa shape index (κ3) is 4.30. The third-order valence-electron chi connectivity index (χ3n) is 5.66. The van der Waals surface area contributed by atoms with Gasteiger partial charge in [-0.25, -0.2) is 4.98 Å². The molecule has 4 rings (SSSR count). The predicted octanol–water partition coefficient (Wildman–Crippen LogP) is 2.68. The molecule has 0 aliphatic carbocycles. The molecule has 0 saturated carbocycles. The van der Waals surface area contributed by atoms with Crippen molar-refractivity contribution >= 4 is 11.7 Å². The molecule has 2 aliphatic rings. The maximum atomic E-state index is 12.8. The van der Waals surface area contributed by atoms with Gasteiger partial charge in [0.2, 0.25) is 0 Å². The Morgan fingerprint density at radius 2 is 1.70 bits per heavy atom. The van der Waals surface area contributed by atoms with Crippen LogP contribution in [0.2, 0.25) is 0 Å². The molecule has 2 aromatic rings. The van der Waals surface area contributed by atoms with Gasteiger partial charge in [-0.3, -0.25) is 9.69 Å². The van der Waals surface area contributed by atoms with Gasteiger partial charge in [0.1, 0.15) is 5.82 Å². The molecule has 1 aromatic heterocycles. The molecule has 0 bridgehead atoms. The number of amides is 1. The van der Waals surface area contributed by atoms with E-state index >= 15 is 0 Å². The Morgan fingerprint density at radius 3 is 2.52 bits per heavy atom. The van der Waals surface area contributed by atoms with Crippen LogP contribution in [0.4, 0.5) is 5.82 Å². The second-order valence-corrected chi connectivity index (χ2v) is 7.42. The van der Waals surface area contributed by atoms with Crippen molar-refractivity contribution in [1.29, 1.82) is 0 Å². The van der Waals surface area contributed by atoms with E-state index in [1.807, 2.05) is 36.5 Å². The van der Waals surface area contributed by atoms with Crippen molar-refractivity contribution in [2.75, 3.05) is 50.7 Å². The number of benzene rings is 1. The highest BCUT2D eigenvalue weighted by atomic mass is 16.2. The summed E-state index contributed by atoms with van der Waals surface area (Å²) >= 11 is 0. The van der Waals surface area contributed by atoms with Gasteiger partial charge in [-0.15, -0.1) is 0 Å². The number of fused-ring (bicyclic) bond motifs is 1. The zero-order chi connectivity index (χ0) is 18.5. The summed E-state index contributed by atoms with van der Waals surface area (Å²) in [5.41, 5.74) is 2.11. The van der Waals surface area contributed by atoms with Gasteiger partial charge in [0.25, 0.3) is 5.91 Å². The molecular weight excluding hydrogens is 336 g/mol. The molecular formula is C22H28N4O. The van der Waals surface area contributed by atoms with Crippen molar-refractivity contribution in [3.05, 3.63) is 59.8 Å². The minimum atomic E-state index is 0.211. The summed E-state index contributed by atoms with van der Waals surface area (Å²) in [5.74, 6) is 1.29. The van der Waals surface area contributed by atoms with Gasteiger partial charge in [0, 0.05) is 51.0 Å². The lowest BCUT2D eigenvalue weighted by Gasteiger charge is -2.35. The van der Waals surface area contributed by atoms with Gasteiger partial charge in [-0.2, -0.15) is 0 Å².